The molecule has 1 rings (SSSR count). The van der Waals surface area contributed by atoms with E-state index in [1.807, 2.05) is 0 Å². The van der Waals surface area contributed by atoms with Crippen molar-refractivity contribution in [2.24, 2.45) is 0 Å². The second-order valence-electron chi connectivity index (χ2n) is 2.48. The van der Waals surface area contributed by atoms with Crippen molar-refractivity contribution in [3.8, 4) is 0 Å². The molecule has 13 heavy (non-hydrogen) atoms. The number of rotatable bonds is 2. The van der Waals surface area contributed by atoms with Gasteiger partial charge in [0.05, 0.1) is 0 Å². The quantitative estimate of drug-likeness (QED) is 0.827. The maximum Gasteiger partial charge on any atom is 0.137 e. The summed E-state index contributed by atoms with van der Waals surface area (Å²) in [5.41, 5.74) is 0.349. The van der Waals surface area contributed by atoms with E-state index in [0.29, 0.717) is 10.0 Å². The molecule has 0 amide bonds. The molecule has 1 unspecified atom stereocenters. The van der Waals surface area contributed by atoms with Gasteiger partial charge >= 0.3 is 0 Å². The highest BCUT2D eigenvalue weighted by Crippen LogP contribution is 2.26. The van der Waals surface area contributed by atoms with Gasteiger partial charge in [0.1, 0.15) is 16.8 Å². The van der Waals surface area contributed by atoms with Crippen LogP contribution in [0.25, 0.3) is 0 Å². The van der Waals surface area contributed by atoms with Gasteiger partial charge in [0.15, 0.2) is 0 Å². The summed E-state index contributed by atoms with van der Waals surface area (Å²) >= 11 is 14.0. The minimum Gasteiger partial charge on any atom is -0.386 e. The van der Waals surface area contributed by atoms with Crippen LogP contribution in [0.2, 0.25) is 0 Å². The van der Waals surface area contributed by atoms with Crippen molar-refractivity contribution in [1.29, 1.82) is 0 Å². The topological polar surface area (TPSA) is 20.2 Å². The van der Waals surface area contributed by atoms with E-state index in [-0.39, 0.29) is 0 Å². The molecular weight excluding hydrogens is 282 g/mol. The fourth-order valence-corrected chi connectivity index (χ4v) is 1.67. The second-order valence-corrected chi connectivity index (χ2v) is 4.56. The third-order valence-corrected chi connectivity index (χ3v) is 2.40. The van der Waals surface area contributed by atoms with Gasteiger partial charge in [-0.2, -0.15) is 0 Å². The molecule has 5 heteroatoms. The van der Waals surface area contributed by atoms with Gasteiger partial charge in [-0.1, -0.05) is 15.9 Å². The Bertz CT molecular complexity index is 286. The van der Waals surface area contributed by atoms with E-state index in [2.05, 4.69) is 15.9 Å². The molecule has 0 aliphatic carbocycles. The summed E-state index contributed by atoms with van der Waals surface area (Å²) in [6.45, 7) is 0. The summed E-state index contributed by atoms with van der Waals surface area (Å²) in [6.07, 6.45) is -1.07. The fraction of sp³-hybridized carbons (Fsp3) is 0.250. The van der Waals surface area contributed by atoms with E-state index in [1.165, 1.54) is 12.1 Å². The molecule has 0 aliphatic heterocycles. The van der Waals surface area contributed by atoms with E-state index in [1.54, 1.807) is 6.07 Å². The SMILES string of the molecule is OC(c1cc(F)cc(Br)c1)C(Cl)Cl. The van der Waals surface area contributed by atoms with Crippen molar-refractivity contribution in [3.63, 3.8) is 0 Å². The molecule has 0 aromatic heterocycles. The van der Waals surface area contributed by atoms with Gasteiger partial charge in [-0.05, 0) is 23.8 Å². The third kappa shape index (κ3) is 3.09. The van der Waals surface area contributed by atoms with E-state index >= 15 is 0 Å². The highest BCUT2D eigenvalue weighted by molar-refractivity contribution is 9.10. The van der Waals surface area contributed by atoms with Crippen LogP contribution in [0.3, 0.4) is 0 Å². The summed E-state index contributed by atoms with van der Waals surface area (Å²) in [5.74, 6) is -0.447. The Balaban J connectivity index is 3.01. The first-order valence-electron chi connectivity index (χ1n) is 3.43. The van der Waals surface area contributed by atoms with Crippen molar-refractivity contribution >= 4 is 39.1 Å². The highest BCUT2D eigenvalue weighted by atomic mass is 79.9. The van der Waals surface area contributed by atoms with Gasteiger partial charge in [-0.3, -0.25) is 0 Å². The van der Waals surface area contributed by atoms with Gasteiger partial charge in [0.25, 0.3) is 0 Å². The Hall–Kier alpha value is 0.170. The standard InChI is InChI=1S/C8H6BrCl2FO/c9-5-1-4(2-6(12)3-5)7(13)8(10)11/h1-3,7-8,13H. The first-order chi connectivity index (χ1) is 6.00. The molecule has 0 bridgehead atoms. The lowest BCUT2D eigenvalue weighted by molar-refractivity contribution is 0.192. The summed E-state index contributed by atoms with van der Waals surface area (Å²) < 4.78 is 13.4. The molecule has 0 fully saturated rings. The second kappa shape index (κ2) is 4.60. The molecule has 0 aliphatic rings. The van der Waals surface area contributed by atoms with Crippen LogP contribution in [0.1, 0.15) is 11.7 Å². The zero-order valence-corrected chi connectivity index (χ0v) is 9.44. The summed E-state index contributed by atoms with van der Waals surface area (Å²) in [4.78, 5) is -0.964. The maximum absolute atomic E-state index is 12.8. The van der Waals surface area contributed by atoms with Crippen molar-refractivity contribution in [2.45, 2.75) is 10.9 Å². The van der Waals surface area contributed by atoms with Gasteiger partial charge in [0.2, 0.25) is 0 Å². The largest absolute Gasteiger partial charge is 0.386 e. The lowest BCUT2D eigenvalue weighted by atomic mass is 10.1. The monoisotopic (exact) mass is 286 g/mol. The van der Waals surface area contributed by atoms with Crippen molar-refractivity contribution in [2.75, 3.05) is 0 Å². The van der Waals surface area contributed by atoms with Crippen molar-refractivity contribution in [3.05, 3.63) is 34.1 Å². The number of hydrogen-bond acceptors (Lipinski definition) is 1. The number of alkyl halides is 2. The van der Waals surface area contributed by atoms with Crippen molar-refractivity contribution in [1.82, 2.24) is 0 Å². The number of hydrogen-bond donors (Lipinski definition) is 1. The minimum absolute atomic E-state index is 0.349. The smallest absolute Gasteiger partial charge is 0.137 e. The first-order valence-corrected chi connectivity index (χ1v) is 5.09. The van der Waals surface area contributed by atoms with Crippen LogP contribution in [0.15, 0.2) is 22.7 Å². The molecule has 0 saturated heterocycles. The number of halogens is 4. The van der Waals surface area contributed by atoms with Gasteiger partial charge < -0.3 is 5.11 Å². The molecular formula is C8H6BrCl2FO. The van der Waals surface area contributed by atoms with E-state index in [9.17, 15) is 9.50 Å². The molecule has 1 aromatic carbocycles. The van der Waals surface area contributed by atoms with Crippen molar-refractivity contribution < 1.29 is 9.50 Å². The molecule has 1 atom stereocenters. The molecule has 1 nitrogen and oxygen atoms in total. The maximum atomic E-state index is 12.8. The number of aliphatic hydroxyl groups excluding tert-OH is 1. The van der Waals surface area contributed by atoms with E-state index in [4.69, 9.17) is 23.2 Å². The van der Waals surface area contributed by atoms with Crippen LogP contribution in [0.5, 0.6) is 0 Å². The Morgan fingerprint density at radius 2 is 1.92 bits per heavy atom. The third-order valence-electron chi connectivity index (χ3n) is 1.47. The molecule has 0 spiro atoms. The highest BCUT2D eigenvalue weighted by Gasteiger charge is 2.16. The van der Waals surface area contributed by atoms with Crippen LogP contribution in [-0.4, -0.2) is 9.94 Å². The number of aliphatic hydroxyl groups is 1. The zero-order valence-electron chi connectivity index (χ0n) is 6.35. The van der Waals surface area contributed by atoms with Crippen LogP contribution in [0.4, 0.5) is 4.39 Å². The summed E-state index contributed by atoms with van der Waals surface area (Å²) in [6, 6.07) is 4.03. The molecule has 0 saturated carbocycles. The Kier molecular flexibility index (Phi) is 3.98. The van der Waals surface area contributed by atoms with Crippen LogP contribution < -0.4 is 0 Å². The molecule has 0 radical (unpaired) electrons. The Labute approximate surface area is 93.6 Å². The number of benzene rings is 1. The molecule has 72 valence electrons. The predicted molar refractivity (Wildman–Crippen MR) is 54.6 cm³/mol. The minimum atomic E-state index is -1.07. The van der Waals surface area contributed by atoms with Crippen LogP contribution in [0, 0.1) is 5.82 Å². The van der Waals surface area contributed by atoms with Gasteiger partial charge in [-0.25, -0.2) is 4.39 Å². The zero-order chi connectivity index (χ0) is 10.0. The van der Waals surface area contributed by atoms with Crippen LogP contribution in [-0.2, 0) is 0 Å². The van der Waals surface area contributed by atoms with Gasteiger partial charge in [0, 0.05) is 4.47 Å². The summed E-state index contributed by atoms with van der Waals surface area (Å²) in [7, 11) is 0. The average Bonchev–Trinajstić information content (AvgIpc) is 2.01. The van der Waals surface area contributed by atoms with Crippen LogP contribution >= 0.6 is 39.1 Å². The van der Waals surface area contributed by atoms with Gasteiger partial charge in [-0.15, -0.1) is 23.2 Å². The fourth-order valence-electron chi connectivity index (χ4n) is 0.891. The van der Waals surface area contributed by atoms with E-state index < -0.39 is 16.8 Å². The average molecular weight is 288 g/mol. The lowest BCUT2D eigenvalue weighted by Gasteiger charge is -2.11. The molecule has 1 N–H and O–H groups in total. The predicted octanol–water partition coefficient (Wildman–Crippen LogP) is 3.43. The molecule has 0 heterocycles. The van der Waals surface area contributed by atoms with E-state index in [0.717, 1.165) is 0 Å². The first kappa shape index (κ1) is 11.2. The lowest BCUT2D eigenvalue weighted by Crippen LogP contribution is -2.06. The molecule has 1 aromatic rings. The Morgan fingerprint density at radius 3 is 2.38 bits per heavy atom. The normalized spacial score (nSPS) is 13.4. The Morgan fingerprint density at radius 1 is 1.31 bits per heavy atom. The summed E-state index contributed by atoms with van der Waals surface area (Å²) in [5, 5.41) is 9.40.